The fraction of sp³-hybridized carbons (Fsp3) is 1.00. The van der Waals surface area contributed by atoms with Gasteiger partial charge < -0.3 is 18.3 Å². The van der Waals surface area contributed by atoms with Gasteiger partial charge in [-0.3, -0.25) is 0 Å². The van der Waals surface area contributed by atoms with Crippen LogP contribution in [0.1, 0.15) is 48.5 Å². The molecule has 0 bridgehead atoms. The Hall–Kier alpha value is 0.274. The second-order valence-electron chi connectivity index (χ2n) is 10.5. The first-order valence-corrected chi connectivity index (χ1v) is 15.9. The highest BCUT2D eigenvalue weighted by Gasteiger charge is 2.37. The highest BCUT2D eigenvalue weighted by molar-refractivity contribution is 6.74. The van der Waals surface area contributed by atoms with Crippen molar-refractivity contribution in [1.29, 1.82) is 0 Å². The third-order valence-electron chi connectivity index (χ3n) is 5.80. The molecule has 0 aromatic heterocycles. The monoisotopic (exact) mass is 406 g/mol. The van der Waals surface area contributed by atoms with E-state index in [4.69, 9.17) is 18.3 Å². The molecule has 0 saturated heterocycles. The fourth-order valence-corrected chi connectivity index (χ4v) is 3.81. The fourth-order valence-electron chi connectivity index (χ4n) is 1.76. The van der Waals surface area contributed by atoms with Gasteiger partial charge in [-0.1, -0.05) is 48.5 Å². The Morgan fingerprint density at radius 1 is 0.615 bits per heavy atom. The van der Waals surface area contributed by atoms with Crippen LogP contribution in [-0.4, -0.2) is 56.3 Å². The lowest BCUT2D eigenvalue weighted by atomic mass is 10.2. The average Bonchev–Trinajstić information content (AvgIpc) is 2.43. The summed E-state index contributed by atoms with van der Waals surface area (Å²) < 4.78 is 23.7. The molecule has 4 nitrogen and oxygen atoms in total. The Morgan fingerprint density at radius 2 is 0.923 bits per heavy atom. The Morgan fingerprint density at radius 3 is 1.19 bits per heavy atom. The van der Waals surface area contributed by atoms with E-state index in [1.54, 1.807) is 0 Å². The lowest BCUT2D eigenvalue weighted by Crippen LogP contribution is -2.41. The van der Waals surface area contributed by atoms with Crippen LogP contribution in [0.25, 0.3) is 0 Å². The number of hydrogen-bond acceptors (Lipinski definition) is 4. The van der Waals surface area contributed by atoms with E-state index in [0.29, 0.717) is 45.6 Å². The summed E-state index contributed by atoms with van der Waals surface area (Å²) in [5.74, 6) is 0.385. The molecule has 0 aliphatic rings. The molecule has 0 atom stereocenters. The van der Waals surface area contributed by atoms with E-state index in [9.17, 15) is 0 Å². The third kappa shape index (κ3) is 9.99. The second-order valence-corrected chi connectivity index (χ2v) is 20.1. The molecule has 0 fully saturated rings. The van der Waals surface area contributed by atoms with Crippen LogP contribution in [0.15, 0.2) is 0 Å². The molecule has 0 aliphatic heterocycles. The first-order chi connectivity index (χ1) is 11.6. The van der Waals surface area contributed by atoms with Crippen molar-refractivity contribution >= 4 is 16.6 Å². The van der Waals surface area contributed by atoms with Crippen molar-refractivity contribution in [3.8, 4) is 0 Å². The summed E-state index contributed by atoms with van der Waals surface area (Å²) >= 11 is 0. The van der Waals surface area contributed by atoms with Gasteiger partial charge in [0.25, 0.3) is 0 Å². The van der Waals surface area contributed by atoms with Crippen molar-refractivity contribution in [2.45, 2.75) is 84.7 Å². The van der Waals surface area contributed by atoms with Crippen LogP contribution in [0.2, 0.25) is 36.3 Å². The van der Waals surface area contributed by atoms with Gasteiger partial charge in [-0.2, -0.15) is 0 Å². The number of hydrogen-bond donors (Lipinski definition) is 0. The summed E-state index contributed by atoms with van der Waals surface area (Å²) in [7, 11) is -3.31. The van der Waals surface area contributed by atoms with E-state index in [0.717, 1.165) is 0 Å². The average molecular weight is 407 g/mol. The van der Waals surface area contributed by atoms with Crippen molar-refractivity contribution in [3.63, 3.8) is 0 Å². The minimum Gasteiger partial charge on any atom is -0.414 e. The first-order valence-electron chi connectivity index (χ1n) is 10.0. The Kier molecular flexibility index (Phi) is 10.8. The zero-order valence-electron chi connectivity index (χ0n) is 19.5. The maximum absolute atomic E-state index is 6.12. The van der Waals surface area contributed by atoms with Crippen molar-refractivity contribution in [2.75, 3.05) is 39.6 Å². The molecule has 0 aromatic carbocycles. The quantitative estimate of drug-likeness (QED) is 0.308. The predicted molar refractivity (Wildman–Crippen MR) is 117 cm³/mol. The van der Waals surface area contributed by atoms with E-state index in [2.05, 4.69) is 74.7 Å². The molecule has 0 unspecified atom stereocenters. The van der Waals surface area contributed by atoms with Crippen LogP contribution >= 0.6 is 0 Å². The van der Waals surface area contributed by atoms with Crippen LogP contribution in [0.5, 0.6) is 0 Å². The lowest BCUT2D eigenvalue weighted by molar-refractivity contribution is 0.0252. The summed E-state index contributed by atoms with van der Waals surface area (Å²) in [5.41, 5.74) is 0. The Labute approximate surface area is 165 Å². The highest BCUT2D eigenvalue weighted by Crippen LogP contribution is 2.37. The third-order valence-corrected chi connectivity index (χ3v) is 14.9. The number of ether oxygens (including phenoxy) is 2. The van der Waals surface area contributed by atoms with E-state index >= 15 is 0 Å². The molecular formula is C20H46O4Si2. The molecule has 0 amide bonds. The minimum atomic E-state index is -1.66. The Bertz CT molecular complexity index is 348. The summed E-state index contributed by atoms with van der Waals surface area (Å²) in [6, 6.07) is 0. The topological polar surface area (TPSA) is 36.9 Å². The van der Waals surface area contributed by atoms with Gasteiger partial charge in [-0.25, -0.2) is 0 Å². The molecule has 0 spiro atoms. The van der Waals surface area contributed by atoms with E-state index in [1.807, 2.05) is 0 Å². The SMILES string of the molecule is CC(COCCO[Si](C)(C)C(C)(C)C)COCCO[Si](C)(C)C(C)(C)C. The van der Waals surface area contributed by atoms with Gasteiger partial charge in [-0.05, 0) is 36.3 Å². The molecule has 158 valence electrons. The van der Waals surface area contributed by atoms with Gasteiger partial charge >= 0.3 is 0 Å². The normalized spacial score (nSPS) is 14.3. The molecule has 0 heterocycles. The van der Waals surface area contributed by atoms with Crippen LogP contribution in [-0.2, 0) is 18.3 Å². The lowest BCUT2D eigenvalue weighted by Gasteiger charge is -2.36. The van der Waals surface area contributed by atoms with E-state index in [1.165, 1.54) is 0 Å². The van der Waals surface area contributed by atoms with Gasteiger partial charge in [0, 0.05) is 5.92 Å². The van der Waals surface area contributed by atoms with E-state index in [-0.39, 0.29) is 10.1 Å². The van der Waals surface area contributed by atoms with Crippen LogP contribution < -0.4 is 0 Å². The summed E-state index contributed by atoms with van der Waals surface area (Å²) in [5, 5.41) is 0.501. The standard InChI is InChI=1S/C20H46O4Si2/c1-18(16-21-12-14-23-25(8,9)19(2,3)4)17-22-13-15-24-26(10,11)20(5,6)7/h18H,12-17H2,1-11H3. The van der Waals surface area contributed by atoms with Gasteiger partial charge in [0.1, 0.15) is 0 Å². The van der Waals surface area contributed by atoms with Crippen molar-refractivity contribution in [2.24, 2.45) is 5.92 Å². The van der Waals surface area contributed by atoms with Gasteiger partial charge in [-0.15, -0.1) is 0 Å². The molecule has 26 heavy (non-hydrogen) atoms. The molecule has 0 saturated carbocycles. The van der Waals surface area contributed by atoms with Crippen LogP contribution in [0.4, 0.5) is 0 Å². The zero-order chi connectivity index (χ0) is 20.6. The van der Waals surface area contributed by atoms with Crippen LogP contribution in [0.3, 0.4) is 0 Å². The maximum Gasteiger partial charge on any atom is 0.192 e. The smallest absolute Gasteiger partial charge is 0.192 e. The molecule has 0 N–H and O–H groups in total. The van der Waals surface area contributed by atoms with E-state index < -0.39 is 16.6 Å². The van der Waals surface area contributed by atoms with Gasteiger partial charge in [0.05, 0.1) is 39.6 Å². The van der Waals surface area contributed by atoms with Crippen molar-refractivity contribution < 1.29 is 18.3 Å². The summed E-state index contributed by atoms with van der Waals surface area (Å²) in [6.45, 7) is 28.9. The molecular weight excluding hydrogens is 360 g/mol. The predicted octanol–water partition coefficient (Wildman–Crippen LogP) is 5.70. The molecule has 0 aromatic rings. The van der Waals surface area contributed by atoms with Crippen LogP contribution in [0, 0.1) is 5.92 Å². The summed E-state index contributed by atoms with van der Waals surface area (Å²) in [4.78, 5) is 0. The molecule has 0 rings (SSSR count). The van der Waals surface area contributed by atoms with Crippen molar-refractivity contribution in [1.82, 2.24) is 0 Å². The maximum atomic E-state index is 6.12. The Balaban J connectivity index is 3.75. The number of rotatable bonds is 12. The van der Waals surface area contributed by atoms with Gasteiger partial charge in [0.2, 0.25) is 0 Å². The molecule has 0 aliphatic carbocycles. The molecule has 6 heteroatoms. The minimum absolute atomic E-state index is 0.251. The van der Waals surface area contributed by atoms with Gasteiger partial charge in [0.15, 0.2) is 16.6 Å². The zero-order valence-corrected chi connectivity index (χ0v) is 21.5. The largest absolute Gasteiger partial charge is 0.414 e. The second kappa shape index (κ2) is 10.7. The van der Waals surface area contributed by atoms with Crippen molar-refractivity contribution in [3.05, 3.63) is 0 Å². The first kappa shape index (κ1) is 26.3. The molecule has 0 radical (unpaired) electrons. The highest BCUT2D eigenvalue weighted by atomic mass is 28.4. The summed E-state index contributed by atoms with van der Waals surface area (Å²) in [6.07, 6.45) is 0.